The fourth-order valence-corrected chi connectivity index (χ4v) is 3.98. The van der Waals surface area contributed by atoms with Gasteiger partial charge in [-0.25, -0.2) is 4.39 Å². The SMILES string of the molecule is Cc1ccc(C(c2ccccc2F)N2CCCNCC2)s1. The van der Waals surface area contributed by atoms with Gasteiger partial charge in [-0.05, 0) is 38.1 Å². The van der Waals surface area contributed by atoms with Crippen molar-refractivity contribution in [1.82, 2.24) is 10.2 Å². The molecule has 1 N–H and O–H groups in total. The lowest BCUT2D eigenvalue weighted by atomic mass is 10.0. The summed E-state index contributed by atoms with van der Waals surface area (Å²) in [6, 6.07) is 11.5. The maximum Gasteiger partial charge on any atom is 0.128 e. The molecule has 112 valence electrons. The topological polar surface area (TPSA) is 15.3 Å². The van der Waals surface area contributed by atoms with Crippen molar-refractivity contribution in [2.24, 2.45) is 0 Å². The molecule has 3 rings (SSSR count). The van der Waals surface area contributed by atoms with E-state index in [-0.39, 0.29) is 11.9 Å². The second-order valence-corrected chi connectivity index (χ2v) is 6.83. The van der Waals surface area contributed by atoms with Crippen molar-refractivity contribution in [3.63, 3.8) is 0 Å². The van der Waals surface area contributed by atoms with Crippen molar-refractivity contribution in [3.05, 3.63) is 57.5 Å². The van der Waals surface area contributed by atoms with Crippen LogP contribution in [0.1, 0.15) is 27.8 Å². The van der Waals surface area contributed by atoms with Gasteiger partial charge in [0.1, 0.15) is 5.82 Å². The molecule has 0 saturated carbocycles. The number of benzene rings is 1. The van der Waals surface area contributed by atoms with Gasteiger partial charge in [0.15, 0.2) is 0 Å². The Morgan fingerprint density at radius 3 is 2.76 bits per heavy atom. The maximum atomic E-state index is 14.4. The summed E-state index contributed by atoms with van der Waals surface area (Å²) in [6.07, 6.45) is 1.11. The van der Waals surface area contributed by atoms with Crippen LogP contribution in [0.4, 0.5) is 4.39 Å². The first-order valence-corrected chi connectivity index (χ1v) is 8.33. The highest BCUT2D eigenvalue weighted by Crippen LogP contribution is 2.34. The molecule has 1 fully saturated rings. The summed E-state index contributed by atoms with van der Waals surface area (Å²) < 4.78 is 14.4. The normalized spacial score (nSPS) is 18.4. The van der Waals surface area contributed by atoms with Gasteiger partial charge >= 0.3 is 0 Å². The molecule has 1 atom stereocenters. The van der Waals surface area contributed by atoms with Gasteiger partial charge in [-0.15, -0.1) is 11.3 Å². The van der Waals surface area contributed by atoms with Crippen molar-refractivity contribution < 1.29 is 4.39 Å². The van der Waals surface area contributed by atoms with Crippen molar-refractivity contribution >= 4 is 11.3 Å². The third kappa shape index (κ3) is 3.34. The van der Waals surface area contributed by atoms with Crippen LogP contribution in [0.3, 0.4) is 0 Å². The van der Waals surface area contributed by atoms with Crippen LogP contribution >= 0.6 is 11.3 Å². The van der Waals surface area contributed by atoms with E-state index in [1.165, 1.54) is 9.75 Å². The fourth-order valence-electron chi connectivity index (χ4n) is 2.95. The summed E-state index contributed by atoms with van der Waals surface area (Å²) in [5.74, 6) is -0.106. The Bertz CT molecular complexity index is 588. The molecule has 0 radical (unpaired) electrons. The standard InChI is InChI=1S/C17H21FN2S/c1-13-7-8-16(21-13)17(14-5-2-3-6-15(14)18)20-11-4-9-19-10-12-20/h2-3,5-8,17,19H,4,9-12H2,1H3. The highest BCUT2D eigenvalue weighted by molar-refractivity contribution is 7.12. The molecule has 2 heterocycles. The molecular weight excluding hydrogens is 283 g/mol. The van der Waals surface area contributed by atoms with E-state index in [0.29, 0.717) is 0 Å². The molecule has 1 aliphatic heterocycles. The van der Waals surface area contributed by atoms with E-state index in [0.717, 1.165) is 38.2 Å². The smallest absolute Gasteiger partial charge is 0.128 e. The van der Waals surface area contributed by atoms with Crippen LogP contribution < -0.4 is 5.32 Å². The molecule has 1 aliphatic rings. The molecule has 21 heavy (non-hydrogen) atoms. The van der Waals surface area contributed by atoms with Crippen LogP contribution in [0, 0.1) is 12.7 Å². The van der Waals surface area contributed by atoms with Gasteiger partial charge in [-0.3, -0.25) is 4.90 Å². The molecule has 4 heteroatoms. The van der Waals surface area contributed by atoms with Gasteiger partial charge in [0, 0.05) is 35.0 Å². The zero-order valence-electron chi connectivity index (χ0n) is 12.3. The first-order chi connectivity index (χ1) is 10.3. The van der Waals surface area contributed by atoms with Gasteiger partial charge < -0.3 is 5.32 Å². The molecular formula is C17H21FN2S. The van der Waals surface area contributed by atoms with Crippen molar-refractivity contribution in [2.75, 3.05) is 26.2 Å². The summed E-state index contributed by atoms with van der Waals surface area (Å²) >= 11 is 1.77. The summed E-state index contributed by atoms with van der Waals surface area (Å²) in [6.45, 7) is 6.08. The van der Waals surface area contributed by atoms with E-state index in [9.17, 15) is 4.39 Å². The predicted molar refractivity (Wildman–Crippen MR) is 86.4 cm³/mol. The highest BCUT2D eigenvalue weighted by atomic mass is 32.1. The molecule has 2 aromatic rings. The lowest BCUT2D eigenvalue weighted by Crippen LogP contribution is -2.33. The number of halogens is 1. The summed E-state index contributed by atoms with van der Waals surface area (Å²) in [4.78, 5) is 4.92. The lowest BCUT2D eigenvalue weighted by Gasteiger charge is -2.30. The first kappa shape index (κ1) is 14.7. The van der Waals surface area contributed by atoms with Gasteiger partial charge in [0.2, 0.25) is 0 Å². The minimum atomic E-state index is -0.106. The number of thiophene rings is 1. The van der Waals surface area contributed by atoms with E-state index in [1.54, 1.807) is 23.5 Å². The van der Waals surface area contributed by atoms with E-state index in [2.05, 4.69) is 29.3 Å². The summed E-state index contributed by atoms with van der Waals surface area (Å²) in [5, 5.41) is 3.42. The molecule has 1 aromatic heterocycles. The zero-order valence-corrected chi connectivity index (χ0v) is 13.1. The summed E-state index contributed by atoms with van der Waals surface area (Å²) in [7, 11) is 0. The zero-order chi connectivity index (χ0) is 14.7. The van der Waals surface area contributed by atoms with Crippen molar-refractivity contribution in [1.29, 1.82) is 0 Å². The number of rotatable bonds is 3. The molecule has 0 amide bonds. The molecule has 2 nitrogen and oxygen atoms in total. The van der Waals surface area contributed by atoms with E-state index < -0.39 is 0 Å². The van der Waals surface area contributed by atoms with Crippen LogP contribution in [0.5, 0.6) is 0 Å². The Hall–Kier alpha value is -1.23. The third-order valence-corrected chi connectivity index (χ3v) is 5.02. The molecule has 0 aliphatic carbocycles. The maximum absolute atomic E-state index is 14.4. The van der Waals surface area contributed by atoms with Crippen LogP contribution in [-0.4, -0.2) is 31.1 Å². The van der Waals surface area contributed by atoms with Gasteiger partial charge in [-0.2, -0.15) is 0 Å². The van der Waals surface area contributed by atoms with Crippen LogP contribution in [-0.2, 0) is 0 Å². The van der Waals surface area contributed by atoms with E-state index in [4.69, 9.17) is 0 Å². The van der Waals surface area contributed by atoms with Gasteiger partial charge in [-0.1, -0.05) is 18.2 Å². The third-order valence-electron chi connectivity index (χ3n) is 3.97. The molecule has 1 aromatic carbocycles. The highest BCUT2D eigenvalue weighted by Gasteiger charge is 2.26. The Morgan fingerprint density at radius 1 is 1.14 bits per heavy atom. The fraction of sp³-hybridized carbons (Fsp3) is 0.412. The van der Waals surface area contributed by atoms with Crippen molar-refractivity contribution in [2.45, 2.75) is 19.4 Å². The molecule has 0 spiro atoms. The summed E-state index contributed by atoms with van der Waals surface area (Å²) in [5.41, 5.74) is 0.793. The van der Waals surface area contributed by atoms with Crippen LogP contribution in [0.2, 0.25) is 0 Å². The number of hydrogen-bond donors (Lipinski definition) is 1. The minimum absolute atomic E-state index is 0.0322. The van der Waals surface area contributed by atoms with Gasteiger partial charge in [0.25, 0.3) is 0 Å². The monoisotopic (exact) mass is 304 g/mol. The van der Waals surface area contributed by atoms with E-state index in [1.807, 2.05) is 12.1 Å². The molecule has 1 saturated heterocycles. The molecule has 1 unspecified atom stereocenters. The average Bonchev–Trinajstić information content (AvgIpc) is 2.74. The Kier molecular flexibility index (Phi) is 4.68. The second kappa shape index (κ2) is 6.69. The second-order valence-electron chi connectivity index (χ2n) is 5.51. The Morgan fingerprint density at radius 2 is 2.00 bits per heavy atom. The Balaban J connectivity index is 2.00. The number of aryl methyl sites for hydroxylation is 1. The van der Waals surface area contributed by atoms with Crippen LogP contribution in [0.25, 0.3) is 0 Å². The first-order valence-electron chi connectivity index (χ1n) is 7.51. The van der Waals surface area contributed by atoms with Crippen LogP contribution in [0.15, 0.2) is 36.4 Å². The largest absolute Gasteiger partial charge is 0.315 e. The quantitative estimate of drug-likeness (QED) is 0.932. The Labute approximate surface area is 129 Å². The molecule has 0 bridgehead atoms. The number of nitrogens with zero attached hydrogens (tertiary/aromatic N) is 1. The average molecular weight is 304 g/mol. The number of hydrogen-bond acceptors (Lipinski definition) is 3. The predicted octanol–water partition coefficient (Wildman–Crippen LogP) is 3.58. The van der Waals surface area contributed by atoms with E-state index >= 15 is 0 Å². The number of nitrogens with one attached hydrogen (secondary N) is 1. The minimum Gasteiger partial charge on any atom is -0.315 e. The van der Waals surface area contributed by atoms with Gasteiger partial charge in [0.05, 0.1) is 6.04 Å². The lowest BCUT2D eigenvalue weighted by molar-refractivity contribution is 0.239. The van der Waals surface area contributed by atoms with Crippen molar-refractivity contribution in [3.8, 4) is 0 Å².